The summed E-state index contributed by atoms with van der Waals surface area (Å²) in [7, 11) is -1.08. The predicted molar refractivity (Wildman–Crippen MR) is 127 cm³/mol. The normalized spacial score (nSPS) is 20.8. The van der Waals surface area contributed by atoms with E-state index in [1.54, 1.807) is 48.3 Å². The second-order valence-corrected chi connectivity index (χ2v) is 10.2. The van der Waals surface area contributed by atoms with Gasteiger partial charge in [0.2, 0.25) is 5.91 Å². The maximum Gasteiger partial charge on any atom is 0.413 e. The summed E-state index contributed by atoms with van der Waals surface area (Å²) < 4.78 is 26.0. The summed E-state index contributed by atoms with van der Waals surface area (Å²) in [5, 5.41) is 7.06. The van der Waals surface area contributed by atoms with E-state index in [0.717, 1.165) is 22.4 Å². The Kier molecular flexibility index (Phi) is 7.00. The number of amides is 1. The van der Waals surface area contributed by atoms with Gasteiger partial charge in [0.15, 0.2) is 6.16 Å². The summed E-state index contributed by atoms with van der Waals surface area (Å²) in [4.78, 5) is 22.9. The Hall–Kier alpha value is -2.90. The number of hydrogen-bond donors (Lipinski definition) is 2. The molecule has 1 amide bonds. The van der Waals surface area contributed by atoms with Crippen molar-refractivity contribution < 1.29 is 23.1 Å². The van der Waals surface area contributed by atoms with E-state index in [0.29, 0.717) is 25.1 Å². The van der Waals surface area contributed by atoms with Gasteiger partial charge in [0.05, 0.1) is 11.9 Å². The van der Waals surface area contributed by atoms with Gasteiger partial charge in [-0.3, -0.25) is 9.48 Å². The number of hydrogen-bond acceptors (Lipinski definition) is 5. The largest absolute Gasteiger partial charge is 0.413 e. The molecule has 1 aliphatic rings. The third kappa shape index (κ3) is 5.92. The maximum atomic E-state index is 13.3. The second kappa shape index (κ2) is 9.93. The Balaban J connectivity index is 1.38. The van der Waals surface area contributed by atoms with E-state index in [2.05, 4.69) is 10.4 Å². The Morgan fingerprint density at radius 3 is 2.55 bits per heavy atom. The first-order valence-electron chi connectivity index (χ1n) is 10.6. The van der Waals surface area contributed by atoms with Crippen LogP contribution < -0.4 is 5.32 Å². The van der Waals surface area contributed by atoms with Gasteiger partial charge < -0.3 is 5.32 Å². The summed E-state index contributed by atoms with van der Waals surface area (Å²) in [5.41, 5.74) is 3.83. The lowest BCUT2D eigenvalue weighted by molar-refractivity contribution is -0.111. The fraction of sp³-hybridized carbons (Fsp3) is 0.250. The molecule has 9 heteroatoms. The number of halogens is 1. The Labute approximate surface area is 192 Å². The lowest BCUT2D eigenvalue weighted by Gasteiger charge is -2.24. The van der Waals surface area contributed by atoms with Crippen LogP contribution in [-0.4, -0.2) is 33.8 Å². The van der Waals surface area contributed by atoms with Gasteiger partial charge in [-0.05, 0) is 48.0 Å². The summed E-state index contributed by atoms with van der Waals surface area (Å²) >= 11 is 0. The monoisotopic (exact) mass is 470 g/mol. The van der Waals surface area contributed by atoms with Crippen molar-refractivity contribution in [3.8, 4) is 11.3 Å². The summed E-state index contributed by atoms with van der Waals surface area (Å²) in [6.45, 7) is 2.99. The van der Waals surface area contributed by atoms with Crippen molar-refractivity contribution in [3.63, 3.8) is 0 Å². The molecule has 0 aliphatic carbocycles. The quantitative estimate of drug-likeness (QED) is 0.399. The molecule has 0 saturated carbocycles. The van der Waals surface area contributed by atoms with Crippen LogP contribution in [0.25, 0.3) is 17.3 Å². The zero-order chi connectivity index (χ0) is 23.4. The molecule has 2 heterocycles. The van der Waals surface area contributed by atoms with Gasteiger partial charge in [-0.25, -0.2) is 4.39 Å². The minimum Gasteiger partial charge on any atom is -0.323 e. The first kappa shape index (κ1) is 23.3. The SMILES string of the molecule is CC1CO[P+](O)(Cc2ccc(NC(=O)C=Cc3cnn(C)c3-c3ccc(F)cc3)cc2)OC1. The zero-order valence-electron chi connectivity index (χ0n) is 18.4. The van der Waals surface area contributed by atoms with E-state index in [1.807, 2.05) is 19.1 Å². The average Bonchev–Trinajstić information content (AvgIpc) is 3.17. The Bertz CT molecular complexity index is 1140. The highest BCUT2D eigenvalue weighted by Gasteiger charge is 2.45. The molecule has 3 aromatic rings. The van der Waals surface area contributed by atoms with Crippen LogP contribution in [0, 0.1) is 11.7 Å². The fourth-order valence-corrected chi connectivity index (χ4v) is 5.38. The highest BCUT2D eigenvalue weighted by Crippen LogP contribution is 2.61. The summed E-state index contributed by atoms with van der Waals surface area (Å²) in [5.74, 6) is -0.335. The van der Waals surface area contributed by atoms with Crippen LogP contribution in [0.15, 0.2) is 60.8 Å². The third-order valence-electron chi connectivity index (χ3n) is 5.22. The highest BCUT2D eigenvalue weighted by atomic mass is 31.2. The first-order chi connectivity index (χ1) is 15.8. The van der Waals surface area contributed by atoms with E-state index in [9.17, 15) is 14.1 Å². The van der Waals surface area contributed by atoms with E-state index in [-0.39, 0.29) is 17.6 Å². The van der Waals surface area contributed by atoms with Gasteiger partial charge in [-0.1, -0.05) is 19.1 Å². The van der Waals surface area contributed by atoms with E-state index in [1.165, 1.54) is 18.2 Å². The fourth-order valence-electron chi connectivity index (χ4n) is 3.48. The van der Waals surface area contributed by atoms with Gasteiger partial charge in [0, 0.05) is 35.9 Å². The molecule has 0 atom stereocenters. The molecular weight excluding hydrogens is 444 g/mol. The van der Waals surface area contributed by atoms with Gasteiger partial charge in [-0.2, -0.15) is 19.0 Å². The molecule has 0 unspecified atom stereocenters. The highest BCUT2D eigenvalue weighted by molar-refractivity contribution is 7.59. The van der Waals surface area contributed by atoms with Crippen molar-refractivity contribution >= 4 is 25.6 Å². The number of carbonyl (C=O) groups is 1. The van der Waals surface area contributed by atoms with Crippen molar-refractivity contribution in [2.24, 2.45) is 13.0 Å². The Morgan fingerprint density at radius 1 is 1.21 bits per heavy atom. The lowest BCUT2D eigenvalue weighted by atomic mass is 10.1. The van der Waals surface area contributed by atoms with Gasteiger partial charge in [0.1, 0.15) is 19.0 Å². The molecule has 0 radical (unpaired) electrons. The van der Waals surface area contributed by atoms with Crippen molar-refractivity contribution in [2.75, 3.05) is 18.5 Å². The van der Waals surface area contributed by atoms with Crippen LogP contribution in [0.1, 0.15) is 18.1 Å². The number of aromatic nitrogens is 2. The zero-order valence-corrected chi connectivity index (χ0v) is 19.3. The smallest absolute Gasteiger partial charge is 0.323 e. The van der Waals surface area contributed by atoms with Crippen molar-refractivity contribution in [1.29, 1.82) is 0 Å². The molecule has 33 heavy (non-hydrogen) atoms. The number of nitrogens with one attached hydrogen (secondary N) is 1. The third-order valence-corrected chi connectivity index (χ3v) is 7.09. The van der Waals surface area contributed by atoms with Gasteiger partial charge in [-0.15, -0.1) is 0 Å². The molecule has 1 fully saturated rings. The first-order valence-corrected chi connectivity index (χ1v) is 12.3. The minimum absolute atomic E-state index is 0.273. The summed E-state index contributed by atoms with van der Waals surface area (Å²) in [6.07, 6.45) is 5.06. The number of nitrogens with zero attached hydrogens (tertiary/aromatic N) is 2. The van der Waals surface area contributed by atoms with Gasteiger partial charge in [0.25, 0.3) is 0 Å². The average molecular weight is 470 g/mol. The van der Waals surface area contributed by atoms with Crippen molar-refractivity contribution in [1.82, 2.24) is 9.78 Å². The van der Waals surface area contributed by atoms with E-state index in [4.69, 9.17) is 9.05 Å². The predicted octanol–water partition coefficient (Wildman–Crippen LogP) is 4.82. The van der Waals surface area contributed by atoms with Crippen LogP contribution in [0.2, 0.25) is 0 Å². The molecule has 2 N–H and O–H groups in total. The van der Waals surface area contributed by atoms with Crippen LogP contribution in [0.4, 0.5) is 10.1 Å². The van der Waals surface area contributed by atoms with Crippen LogP contribution >= 0.6 is 7.94 Å². The molecule has 1 saturated heterocycles. The molecule has 172 valence electrons. The second-order valence-electron chi connectivity index (χ2n) is 8.09. The lowest BCUT2D eigenvalue weighted by Crippen LogP contribution is -2.22. The van der Waals surface area contributed by atoms with Crippen LogP contribution in [-0.2, 0) is 27.1 Å². The topological polar surface area (TPSA) is 85.6 Å². The van der Waals surface area contributed by atoms with Gasteiger partial charge >= 0.3 is 7.94 Å². The molecule has 4 rings (SSSR count). The molecule has 2 aromatic carbocycles. The maximum absolute atomic E-state index is 13.3. The van der Waals surface area contributed by atoms with Crippen LogP contribution in [0.3, 0.4) is 0 Å². The molecule has 1 aromatic heterocycles. The van der Waals surface area contributed by atoms with Crippen molar-refractivity contribution in [2.45, 2.75) is 13.1 Å². The van der Waals surface area contributed by atoms with Crippen LogP contribution in [0.5, 0.6) is 0 Å². The number of carbonyl (C=O) groups excluding carboxylic acids is 1. The molecule has 7 nitrogen and oxygen atoms in total. The van der Waals surface area contributed by atoms with E-state index < -0.39 is 7.94 Å². The van der Waals surface area contributed by atoms with E-state index >= 15 is 0 Å². The number of anilines is 1. The number of aryl methyl sites for hydroxylation is 1. The summed E-state index contributed by atoms with van der Waals surface area (Å²) in [6, 6.07) is 13.3. The molecule has 0 bridgehead atoms. The number of benzene rings is 2. The molecular formula is C24H26FN3O4P+. The minimum atomic E-state index is -2.87. The molecule has 0 spiro atoms. The standard InChI is InChI=1S/C24H25FN3O4P/c1-17-14-31-33(30,32-15-17)16-18-3-10-22(11-4-18)27-23(29)12-7-20-13-26-28(2)24(20)19-5-8-21(25)9-6-19/h3-13,17,30H,14-16H2,1-2H3/p+1. The molecule has 1 aliphatic heterocycles. The Morgan fingerprint density at radius 2 is 1.88 bits per heavy atom. The number of rotatable bonds is 6. The van der Waals surface area contributed by atoms with Crippen molar-refractivity contribution in [3.05, 3.63) is 77.7 Å².